The molecule has 1 aromatic carbocycles. The average molecular weight is 256 g/mol. The predicted octanol–water partition coefficient (Wildman–Crippen LogP) is 2.90. The number of anilines is 1. The Morgan fingerprint density at radius 3 is 2.53 bits per heavy atom. The van der Waals surface area contributed by atoms with E-state index in [1.165, 1.54) is 0 Å². The highest BCUT2D eigenvalue weighted by atomic mass is 35.5. The van der Waals surface area contributed by atoms with Gasteiger partial charge in [-0.2, -0.15) is 0 Å². The van der Waals surface area contributed by atoms with Gasteiger partial charge in [0.05, 0.1) is 7.11 Å². The molecule has 3 nitrogen and oxygen atoms in total. The van der Waals surface area contributed by atoms with Gasteiger partial charge in [-0.25, -0.2) is 0 Å². The van der Waals surface area contributed by atoms with Crippen molar-refractivity contribution in [2.45, 2.75) is 20.3 Å². The van der Waals surface area contributed by atoms with Crippen LogP contribution in [0.4, 0.5) is 5.69 Å². The van der Waals surface area contributed by atoms with Gasteiger partial charge in [0.25, 0.3) is 0 Å². The number of benzene rings is 1. The van der Waals surface area contributed by atoms with Crippen molar-refractivity contribution in [3.05, 3.63) is 23.3 Å². The lowest BCUT2D eigenvalue weighted by atomic mass is 10.1. The van der Waals surface area contributed by atoms with E-state index < -0.39 is 0 Å². The lowest BCUT2D eigenvalue weighted by Gasteiger charge is -2.21. The number of rotatable bonds is 4. The van der Waals surface area contributed by atoms with Crippen LogP contribution in [0.25, 0.3) is 0 Å². The second kappa shape index (κ2) is 5.92. The topological polar surface area (TPSA) is 29.5 Å². The molecule has 1 amide bonds. The lowest BCUT2D eigenvalue weighted by Crippen LogP contribution is -2.27. The standard InChI is InChI=1S/C13H18ClNO2/c1-9-10(2)12(17-4)6-5-11(9)15(3)13(16)7-8-14/h5-6H,7-8H2,1-4H3. The molecule has 0 aliphatic carbocycles. The third-order valence-corrected chi connectivity index (χ3v) is 3.16. The van der Waals surface area contributed by atoms with Crippen molar-refractivity contribution in [3.63, 3.8) is 0 Å². The number of hydrogen-bond acceptors (Lipinski definition) is 2. The number of carbonyl (C=O) groups is 1. The maximum Gasteiger partial charge on any atom is 0.227 e. The monoisotopic (exact) mass is 255 g/mol. The molecule has 0 heterocycles. The summed E-state index contributed by atoms with van der Waals surface area (Å²) in [5.41, 5.74) is 3.00. The van der Waals surface area contributed by atoms with Crippen LogP contribution < -0.4 is 9.64 Å². The van der Waals surface area contributed by atoms with E-state index in [2.05, 4.69) is 0 Å². The van der Waals surface area contributed by atoms with Crippen LogP contribution in [0.1, 0.15) is 17.5 Å². The Hall–Kier alpha value is -1.22. The smallest absolute Gasteiger partial charge is 0.227 e. The van der Waals surface area contributed by atoms with Crippen LogP contribution in [-0.4, -0.2) is 25.9 Å². The summed E-state index contributed by atoms with van der Waals surface area (Å²) < 4.78 is 5.24. The Morgan fingerprint density at radius 2 is 2.00 bits per heavy atom. The van der Waals surface area contributed by atoms with Gasteiger partial charge in [-0.05, 0) is 37.1 Å². The summed E-state index contributed by atoms with van der Waals surface area (Å²) >= 11 is 5.58. The zero-order valence-electron chi connectivity index (χ0n) is 10.7. The van der Waals surface area contributed by atoms with Gasteiger partial charge in [0.1, 0.15) is 5.75 Å². The van der Waals surface area contributed by atoms with E-state index in [-0.39, 0.29) is 5.91 Å². The quantitative estimate of drug-likeness (QED) is 0.775. The van der Waals surface area contributed by atoms with Crippen molar-refractivity contribution in [2.24, 2.45) is 0 Å². The fourth-order valence-electron chi connectivity index (χ4n) is 1.75. The first-order valence-corrected chi connectivity index (χ1v) is 6.03. The zero-order chi connectivity index (χ0) is 13.0. The Labute approximate surface area is 107 Å². The normalized spacial score (nSPS) is 10.2. The number of nitrogens with zero attached hydrogens (tertiary/aromatic N) is 1. The summed E-state index contributed by atoms with van der Waals surface area (Å²) in [4.78, 5) is 13.4. The minimum absolute atomic E-state index is 0.0210. The SMILES string of the molecule is COc1ccc(N(C)C(=O)CCCl)c(C)c1C. The average Bonchev–Trinajstić information content (AvgIpc) is 2.32. The van der Waals surface area contributed by atoms with E-state index in [1.54, 1.807) is 19.1 Å². The Balaban J connectivity index is 3.07. The number of halogens is 1. The molecule has 0 aliphatic heterocycles. The molecule has 17 heavy (non-hydrogen) atoms. The highest BCUT2D eigenvalue weighted by Gasteiger charge is 2.15. The summed E-state index contributed by atoms with van der Waals surface area (Å²) in [6.45, 7) is 3.97. The molecule has 0 saturated heterocycles. The van der Waals surface area contributed by atoms with E-state index in [0.29, 0.717) is 12.3 Å². The summed E-state index contributed by atoms with van der Waals surface area (Å²) in [6, 6.07) is 3.77. The first-order chi connectivity index (χ1) is 8.02. The molecule has 0 saturated carbocycles. The van der Waals surface area contributed by atoms with Crippen molar-refractivity contribution in [3.8, 4) is 5.75 Å². The number of methoxy groups -OCH3 is 1. The zero-order valence-corrected chi connectivity index (χ0v) is 11.5. The summed E-state index contributed by atoms with van der Waals surface area (Å²) in [6.07, 6.45) is 0.350. The fraction of sp³-hybridized carbons (Fsp3) is 0.462. The van der Waals surface area contributed by atoms with Crippen LogP contribution in [0, 0.1) is 13.8 Å². The molecular formula is C13H18ClNO2. The molecule has 0 radical (unpaired) electrons. The molecule has 0 atom stereocenters. The fourth-order valence-corrected chi connectivity index (χ4v) is 1.91. The van der Waals surface area contributed by atoms with E-state index in [4.69, 9.17) is 16.3 Å². The molecule has 0 aromatic heterocycles. The third-order valence-electron chi connectivity index (χ3n) is 2.97. The van der Waals surface area contributed by atoms with E-state index >= 15 is 0 Å². The van der Waals surface area contributed by atoms with Gasteiger partial charge >= 0.3 is 0 Å². The molecule has 0 bridgehead atoms. The molecule has 0 N–H and O–H groups in total. The van der Waals surface area contributed by atoms with Crippen LogP contribution in [0.2, 0.25) is 0 Å². The first-order valence-electron chi connectivity index (χ1n) is 5.49. The van der Waals surface area contributed by atoms with Gasteiger partial charge in [-0.15, -0.1) is 11.6 Å². The summed E-state index contributed by atoms with van der Waals surface area (Å²) in [5, 5.41) is 0. The molecule has 1 aromatic rings. The number of ether oxygens (including phenoxy) is 1. The molecule has 1 rings (SSSR count). The highest BCUT2D eigenvalue weighted by molar-refractivity contribution is 6.19. The van der Waals surface area contributed by atoms with Crippen molar-refractivity contribution in [2.75, 3.05) is 24.9 Å². The van der Waals surface area contributed by atoms with Gasteiger partial charge in [0.2, 0.25) is 5.91 Å². The van der Waals surface area contributed by atoms with Crippen LogP contribution in [0.15, 0.2) is 12.1 Å². The molecule has 0 aliphatic rings. The molecular weight excluding hydrogens is 238 g/mol. The highest BCUT2D eigenvalue weighted by Crippen LogP contribution is 2.29. The van der Waals surface area contributed by atoms with E-state index in [0.717, 1.165) is 22.6 Å². The van der Waals surface area contributed by atoms with Crippen LogP contribution in [0.3, 0.4) is 0 Å². The van der Waals surface area contributed by atoms with Gasteiger partial charge < -0.3 is 9.64 Å². The number of amides is 1. The third kappa shape index (κ3) is 2.91. The molecule has 94 valence electrons. The molecule has 0 unspecified atom stereocenters. The maximum atomic E-state index is 11.8. The van der Waals surface area contributed by atoms with Crippen molar-refractivity contribution in [1.29, 1.82) is 0 Å². The minimum Gasteiger partial charge on any atom is -0.496 e. The number of hydrogen-bond donors (Lipinski definition) is 0. The van der Waals surface area contributed by atoms with Crippen molar-refractivity contribution < 1.29 is 9.53 Å². The minimum atomic E-state index is 0.0210. The number of carbonyl (C=O) groups excluding carboxylic acids is 1. The Bertz CT molecular complexity index is 418. The van der Waals surface area contributed by atoms with Gasteiger partial charge in [-0.3, -0.25) is 4.79 Å². The lowest BCUT2D eigenvalue weighted by molar-refractivity contribution is -0.117. The van der Waals surface area contributed by atoms with Crippen molar-refractivity contribution >= 4 is 23.2 Å². The van der Waals surface area contributed by atoms with Crippen molar-refractivity contribution in [1.82, 2.24) is 0 Å². The Kier molecular flexibility index (Phi) is 4.82. The summed E-state index contributed by atoms with van der Waals surface area (Å²) in [5.74, 6) is 1.20. The maximum absolute atomic E-state index is 11.8. The second-order valence-corrected chi connectivity index (χ2v) is 4.31. The van der Waals surface area contributed by atoms with Crippen LogP contribution in [0.5, 0.6) is 5.75 Å². The second-order valence-electron chi connectivity index (χ2n) is 3.93. The van der Waals surface area contributed by atoms with Gasteiger partial charge in [0, 0.05) is 25.0 Å². The molecule has 0 fully saturated rings. The van der Waals surface area contributed by atoms with Gasteiger partial charge in [-0.1, -0.05) is 0 Å². The van der Waals surface area contributed by atoms with E-state index in [9.17, 15) is 4.79 Å². The first kappa shape index (κ1) is 13.8. The van der Waals surface area contributed by atoms with Crippen LogP contribution in [-0.2, 0) is 4.79 Å². The van der Waals surface area contributed by atoms with E-state index in [1.807, 2.05) is 26.0 Å². The predicted molar refractivity (Wildman–Crippen MR) is 71.2 cm³/mol. The molecule has 4 heteroatoms. The van der Waals surface area contributed by atoms with Gasteiger partial charge in [0.15, 0.2) is 0 Å². The molecule has 0 spiro atoms. The van der Waals surface area contributed by atoms with Crippen LogP contribution >= 0.6 is 11.6 Å². The largest absolute Gasteiger partial charge is 0.496 e. The summed E-state index contributed by atoms with van der Waals surface area (Å²) in [7, 11) is 3.41. The number of alkyl halides is 1. The Morgan fingerprint density at radius 1 is 1.35 bits per heavy atom.